The SMILES string of the molecule is CN(C(=O)C=CC[N+](C)([O-])C1CCC1)c1ccc(-n2c(=O)n(-c3ccc(Oc4ccccc4)cc3)c3c(N)ncnc32)cc1. The molecule has 11 nitrogen and oxygen atoms in total. The van der Waals surface area contributed by atoms with Gasteiger partial charge in [0.2, 0.25) is 0 Å². The third kappa shape index (κ3) is 5.58. The quantitative estimate of drug-likeness (QED) is 0.146. The first-order chi connectivity index (χ1) is 21.2. The van der Waals surface area contributed by atoms with Gasteiger partial charge in [0.15, 0.2) is 11.5 Å². The number of ether oxygens (including phenoxy) is 1. The van der Waals surface area contributed by atoms with Crippen LogP contribution in [0.1, 0.15) is 19.3 Å². The van der Waals surface area contributed by atoms with Crippen LogP contribution in [0.5, 0.6) is 11.5 Å². The van der Waals surface area contributed by atoms with E-state index in [1.54, 1.807) is 68.7 Å². The van der Waals surface area contributed by atoms with Gasteiger partial charge in [-0.15, -0.1) is 0 Å². The van der Waals surface area contributed by atoms with Gasteiger partial charge in [-0.1, -0.05) is 18.2 Å². The normalized spacial score (nSPS) is 14.8. The van der Waals surface area contributed by atoms with Crippen LogP contribution in [0.2, 0.25) is 0 Å². The Morgan fingerprint density at radius 3 is 2.30 bits per heavy atom. The van der Waals surface area contributed by atoms with Crippen LogP contribution in [0.15, 0.2) is 102 Å². The molecule has 6 rings (SSSR count). The third-order valence-corrected chi connectivity index (χ3v) is 8.12. The summed E-state index contributed by atoms with van der Waals surface area (Å²) in [7, 11) is 3.32. The molecule has 1 unspecified atom stereocenters. The van der Waals surface area contributed by atoms with Crippen LogP contribution in [0.4, 0.5) is 11.5 Å². The predicted octanol–water partition coefficient (Wildman–Crippen LogP) is 4.96. The molecule has 1 fully saturated rings. The van der Waals surface area contributed by atoms with Crippen molar-refractivity contribution in [1.29, 1.82) is 0 Å². The molecule has 44 heavy (non-hydrogen) atoms. The van der Waals surface area contributed by atoms with Gasteiger partial charge in [0.1, 0.15) is 23.3 Å². The van der Waals surface area contributed by atoms with Gasteiger partial charge in [0, 0.05) is 18.8 Å². The second-order valence-electron chi connectivity index (χ2n) is 11.1. The molecule has 0 aliphatic heterocycles. The Morgan fingerprint density at radius 2 is 1.64 bits per heavy atom. The van der Waals surface area contributed by atoms with Gasteiger partial charge in [-0.25, -0.2) is 19.3 Å². The van der Waals surface area contributed by atoms with Crippen LogP contribution in [-0.4, -0.2) is 56.3 Å². The van der Waals surface area contributed by atoms with Crippen molar-refractivity contribution in [3.8, 4) is 22.9 Å². The molecule has 2 N–H and O–H groups in total. The first-order valence-electron chi connectivity index (χ1n) is 14.4. The molecule has 1 atom stereocenters. The van der Waals surface area contributed by atoms with E-state index in [9.17, 15) is 14.8 Å². The maximum atomic E-state index is 13.9. The lowest BCUT2D eigenvalue weighted by molar-refractivity contribution is -0.886. The number of hydroxylamine groups is 3. The van der Waals surface area contributed by atoms with Gasteiger partial charge >= 0.3 is 5.69 Å². The Kier molecular flexibility index (Phi) is 7.73. The molecule has 1 aliphatic rings. The number of nitrogens with two attached hydrogens (primary N) is 1. The molecule has 224 valence electrons. The minimum atomic E-state index is -0.380. The van der Waals surface area contributed by atoms with E-state index in [-0.39, 0.29) is 34.6 Å². The summed E-state index contributed by atoms with van der Waals surface area (Å²) < 4.78 is 8.47. The summed E-state index contributed by atoms with van der Waals surface area (Å²) in [6.07, 6.45) is 7.37. The van der Waals surface area contributed by atoms with Gasteiger partial charge in [-0.3, -0.25) is 9.36 Å². The van der Waals surface area contributed by atoms with Crippen molar-refractivity contribution in [3.63, 3.8) is 0 Å². The van der Waals surface area contributed by atoms with Crippen LogP contribution in [-0.2, 0) is 4.79 Å². The van der Waals surface area contributed by atoms with E-state index in [1.165, 1.54) is 26.4 Å². The number of hydrogen-bond donors (Lipinski definition) is 1. The number of imidazole rings is 1. The highest BCUT2D eigenvalue weighted by Crippen LogP contribution is 2.29. The number of carbonyl (C=O) groups excluding carboxylic acids is 1. The monoisotopic (exact) mass is 591 g/mol. The molecule has 0 saturated heterocycles. The van der Waals surface area contributed by atoms with Crippen molar-refractivity contribution in [1.82, 2.24) is 19.1 Å². The van der Waals surface area contributed by atoms with Crippen LogP contribution >= 0.6 is 0 Å². The predicted molar refractivity (Wildman–Crippen MR) is 170 cm³/mol. The van der Waals surface area contributed by atoms with Crippen LogP contribution in [0.25, 0.3) is 22.5 Å². The smallest absolute Gasteiger partial charge is 0.339 e. The number of hydrogen-bond acceptors (Lipinski definition) is 7. The minimum absolute atomic E-state index is 0.114. The molecule has 2 heterocycles. The zero-order chi connectivity index (χ0) is 30.8. The highest BCUT2D eigenvalue weighted by Gasteiger charge is 2.29. The Labute approximate surface area is 254 Å². The van der Waals surface area contributed by atoms with Crippen LogP contribution < -0.4 is 21.1 Å². The Hall–Kier alpha value is -5.26. The highest BCUT2D eigenvalue weighted by atomic mass is 16.5. The zero-order valence-corrected chi connectivity index (χ0v) is 24.5. The van der Waals surface area contributed by atoms with Crippen molar-refractivity contribution >= 4 is 28.6 Å². The van der Waals surface area contributed by atoms with Gasteiger partial charge < -0.3 is 25.2 Å². The lowest BCUT2D eigenvalue weighted by Crippen LogP contribution is -2.50. The Balaban J connectivity index is 1.26. The van der Waals surface area contributed by atoms with Crippen molar-refractivity contribution < 1.29 is 14.2 Å². The molecule has 3 aromatic carbocycles. The van der Waals surface area contributed by atoms with Crippen molar-refractivity contribution in [2.45, 2.75) is 25.3 Å². The van der Waals surface area contributed by atoms with Crippen molar-refractivity contribution in [2.75, 3.05) is 31.3 Å². The minimum Gasteiger partial charge on any atom is -0.633 e. The Bertz CT molecular complexity index is 1870. The van der Waals surface area contributed by atoms with Crippen molar-refractivity contribution in [3.05, 3.63) is 113 Å². The van der Waals surface area contributed by atoms with E-state index in [1.807, 2.05) is 30.3 Å². The van der Waals surface area contributed by atoms with Gasteiger partial charge in [0.25, 0.3) is 5.91 Å². The third-order valence-electron chi connectivity index (χ3n) is 8.12. The fourth-order valence-corrected chi connectivity index (χ4v) is 5.32. The van der Waals surface area contributed by atoms with Crippen molar-refractivity contribution in [2.24, 2.45) is 0 Å². The number of likely N-dealkylation sites (N-methyl/N-ethyl adjacent to an activating group) is 2. The molecular formula is C33H33N7O4. The number of nitrogen functional groups attached to an aromatic ring is 1. The van der Waals surface area contributed by atoms with Crippen LogP contribution in [0.3, 0.4) is 0 Å². The number of quaternary nitrogens is 1. The number of rotatable bonds is 9. The highest BCUT2D eigenvalue weighted by molar-refractivity contribution is 6.01. The number of benzene rings is 3. The number of aromatic nitrogens is 4. The van der Waals surface area contributed by atoms with Crippen LogP contribution in [0, 0.1) is 5.21 Å². The van der Waals surface area contributed by atoms with E-state index < -0.39 is 0 Å². The topological polar surface area (TPSA) is 131 Å². The van der Waals surface area contributed by atoms with E-state index in [4.69, 9.17) is 10.5 Å². The maximum absolute atomic E-state index is 13.9. The van der Waals surface area contributed by atoms with Gasteiger partial charge in [-0.2, -0.15) is 0 Å². The molecule has 2 aromatic heterocycles. The Morgan fingerprint density at radius 1 is 1.00 bits per heavy atom. The number of nitrogens with zero attached hydrogens (tertiary/aromatic N) is 6. The van der Waals surface area contributed by atoms with Gasteiger partial charge in [0.05, 0.1) is 31.0 Å². The first-order valence-corrected chi connectivity index (χ1v) is 14.4. The summed E-state index contributed by atoms with van der Waals surface area (Å²) in [5, 5.41) is 12.7. The summed E-state index contributed by atoms with van der Waals surface area (Å²) >= 11 is 0. The van der Waals surface area contributed by atoms with E-state index in [0.29, 0.717) is 39.7 Å². The molecule has 0 spiro atoms. The standard InChI is InChI=1S/C33H33N7O4/c1-37(29(41)12-7-21-40(2,43)26-8-6-9-26)23-13-15-25(16-14-23)39-32-30(31(34)35-22-36-32)38(33(39)42)24-17-19-28(20-18-24)44-27-10-4-3-5-11-27/h3-5,7,10-20,22,26H,6,8-9,21H2,1-2H3,(H2,34,35,36). The molecule has 0 radical (unpaired) electrons. The number of fused-ring (bicyclic) bond motifs is 1. The van der Waals surface area contributed by atoms with E-state index >= 15 is 0 Å². The lowest BCUT2D eigenvalue weighted by Gasteiger charge is -2.48. The molecule has 5 aromatic rings. The largest absolute Gasteiger partial charge is 0.633 e. The van der Waals surface area contributed by atoms with E-state index in [2.05, 4.69) is 9.97 Å². The summed E-state index contributed by atoms with van der Waals surface area (Å²) in [6.45, 7) is 0.254. The molecule has 0 bridgehead atoms. The molecule has 1 saturated carbocycles. The maximum Gasteiger partial charge on any atom is 0.339 e. The molecule has 1 amide bonds. The second kappa shape index (κ2) is 11.8. The number of anilines is 2. The molecule has 1 aliphatic carbocycles. The molecule has 11 heteroatoms. The fourth-order valence-electron chi connectivity index (χ4n) is 5.32. The number of carbonyl (C=O) groups is 1. The number of amides is 1. The summed E-state index contributed by atoms with van der Waals surface area (Å²) in [6, 6.07) is 23.6. The first kappa shape index (κ1) is 28.8. The summed E-state index contributed by atoms with van der Waals surface area (Å²) in [4.78, 5) is 36.7. The summed E-state index contributed by atoms with van der Waals surface area (Å²) in [5.74, 6) is 1.23. The average Bonchev–Trinajstić information content (AvgIpc) is 3.29. The number of para-hydroxylation sites is 1. The summed E-state index contributed by atoms with van der Waals surface area (Å²) in [5.41, 5.74) is 8.34. The molecular weight excluding hydrogens is 558 g/mol. The zero-order valence-electron chi connectivity index (χ0n) is 24.5. The fraction of sp³-hybridized carbons (Fsp3) is 0.212. The second-order valence-corrected chi connectivity index (χ2v) is 11.1. The average molecular weight is 592 g/mol. The lowest BCUT2D eigenvalue weighted by atomic mass is 9.91. The van der Waals surface area contributed by atoms with E-state index in [0.717, 1.165) is 19.3 Å². The van der Waals surface area contributed by atoms with Gasteiger partial charge in [-0.05, 0) is 86.0 Å².